The van der Waals surface area contributed by atoms with E-state index in [2.05, 4.69) is 5.32 Å². The third-order valence-corrected chi connectivity index (χ3v) is 7.35. The standard InChI is InChI=1S/C29H31F2N5O4/c1-33-18-27(38)35-25(28(39)20-8-11-23(37)12-9-20)16-34(15-21-7-10-22(30)13-24(21)31)17-26(35)36(33)29(40)32-14-19-5-3-2-4-6-19/h2-13,25-26,28,37,39H,14-18H2,1H3,(H,32,40)/t25-,26+,28-/m1/s1. The van der Waals surface area contributed by atoms with Crippen LogP contribution in [-0.4, -0.2) is 80.9 Å². The summed E-state index contributed by atoms with van der Waals surface area (Å²) < 4.78 is 28.1. The second-order valence-corrected chi connectivity index (χ2v) is 10.1. The number of aromatic hydroxyl groups is 1. The zero-order valence-electron chi connectivity index (χ0n) is 22.0. The number of nitrogens with zero attached hydrogens (tertiary/aromatic N) is 4. The first-order chi connectivity index (χ1) is 19.2. The summed E-state index contributed by atoms with van der Waals surface area (Å²) in [7, 11) is 1.64. The van der Waals surface area contributed by atoms with E-state index >= 15 is 0 Å². The molecule has 2 heterocycles. The molecule has 0 aliphatic carbocycles. The molecule has 3 atom stereocenters. The van der Waals surface area contributed by atoms with E-state index in [0.29, 0.717) is 5.56 Å². The number of aliphatic hydroxyl groups excluding tert-OH is 1. The van der Waals surface area contributed by atoms with E-state index < -0.39 is 36.0 Å². The SMILES string of the molecule is CN1CC(=O)N2[C@@H]([C@H](O)c3ccc(O)cc3)CN(Cc3ccc(F)cc3F)C[C@@H]2N1C(=O)NCc1ccccc1. The third-order valence-electron chi connectivity index (χ3n) is 7.35. The Morgan fingerprint density at radius 1 is 1.05 bits per heavy atom. The summed E-state index contributed by atoms with van der Waals surface area (Å²) in [6, 6.07) is 17.6. The Kier molecular flexibility index (Phi) is 7.97. The number of benzene rings is 3. The number of fused-ring (bicyclic) bond motifs is 1. The van der Waals surface area contributed by atoms with Crippen molar-refractivity contribution in [2.24, 2.45) is 0 Å². The lowest BCUT2D eigenvalue weighted by Crippen LogP contribution is -2.75. The van der Waals surface area contributed by atoms with E-state index in [1.54, 1.807) is 19.2 Å². The monoisotopic (exact) mass is 551 g/mol. The van der Waals surface area contributed by atoms with Gasteiger partial charge in [-0.3, -0.25) is 9.69 Å². The van der Waals surface area contributed by atoms with Crippen molar-refractivity contribution in [1.82, 2.24) is 25.1 Å². The average molecular weight is 552 g/mol. The van der Waals surface area contributed by atoms with Crippen molar-refractivity contribution in [3.05, 3.63) is 101 Å². The number of urea groups is 1. The van der Waals surface area contributed by atoms with Crippen LogP contribution in [0.3, 0.4) is 0 Å². The summed E-state index contributed by atoms with van der Waals surface area (Å²) in [4.78, 5) is 30.3. The van der Waals surface area contributed by atoms with Crippen molar-refractivity contribution in [2.45, 2.75) is 31.4 Å². The number of likely N-dealkylation sites (N-methyl/N-ethyl adjacent to an activating group) is 1. The normalized spacial score (nSPS) is 20.8. The van der Waals surface area contributed by atoms with E-state index in [9.17, 15) is 28.6 Å². The van der Waals surface area contributed by atoms with Gasteiger partial charge in [-0.25, -0.2) is 23.6 Å². The predicted octanol–water partition coefficient (Wildman–Crippen LogP) is 2.82. The Bertz CT molecular complexity index is 1360. The molecule has 9 nitrogen and oxygen atoms in total. The smallest absolute Gasteiger partial charge is 0.334 e. The molecule has 3 N–H and O–H groups in total. The number of hydrogen-bond acceptors (Lipinski definition) is 6. The van der Waals surface area contributed by atoms with Crippen LogP contribution >= 0.6 is 0 Å². The fourth-order valence-electron chi connectivity index (χ4n) is 5.40. The van der Waals surface area contributed by atoms with Gasteiger partial charge in [0.25, 0.3) is 0 Å². The van der Waals surface area contributed by atoms with Gasteiger partial charge >= 0.3 is 6.03 Å². The molecule has 2 fully saturated rings. The Balaban J connectivity index is 1.46. The number of hydrogen-bond donors (Lipinski definition) is 3. The topological polar surface area (TPSA) is 99.6 Å². The van der Waals surface area contributed by atoms with Gasteiger partial charge in [0.05, 0.1) is 12.6 Å². The maximum absolute atomic E-state index is 14.6. The van der Waals surface area contributed by atoms with Crippen LogP contribution in [0.15, 0.2) is 72.8 Å². The van der Waals surface area contributed by atoms with Gasteiger partial charge in [0.15, 0.2) is 0 Å². The molecule has 0 bridgehead atoms. The minimum atomic E-state index is -1.16. The molecule has 0 saturated carbocycles. The summed E-state index contributed by atoms with van der Waals surface area (Å²) in [5, 5.41) is 27.1. The van der Waals surface area contributed by atoms with Gasteiger partial charge in [-0.1, -0.05) is 48.5 Å². The third kappa shape index (κ3) is 5.76. The molecule has 40 heavy (non-hydrogen) atoms. The van der Waals surface area contributed by atoms with Crippen molar-refractivity contribution in [2.75, 3.05) is 26.7 Å². The number of carbonyl (C=O) groups is 2. The van der Waals surface area contributed by atoms with Gasteiger partial charge in [0, 0.05) is 44.9 Å². The van der Waals surface area contributed by atoms with Crippen LogP contribution in [0.25, 0.3) is 0 Å². The van der Waals surface area contributed by atoms with E-state index in [-0.39, 0.29) is 49.9 Å². The van der Waals surface area contributed by atoms with Gasteiger partial charge in [0.2, 0.25) is 5.91 Å². The maximum Gasteiger partial charge on any atom is 0.334 e. The second-order valence-electron chi connectivity index (χ2n) is 10.1. The molecule has 3 amide bonds. The van der Waals surface area contributed by atoms with E-state index in [0.717, 1.165) is 11.6 Å². The van der Waals surface area contributed by atoms with Crippen LogP contribution in [-0.2, 0) is 17.9 Å². The number of phenols is 1. The highest BCUT2D eigenvalue weighted by molar-refractivity contribution is 5.83. The number of hydrazine groups is 1. The minimum Gasteiger partial charge on any atom is -0.508 e. The van der Waals surface area contributed by atoms with Crippen molar-refractivity contribution in [3.63, 3.8) is 0 Å². The highest BCUT2D eigenvalue weighted by Crippen LogP contribution is 2.33. The highest BCUT2D eigenvalue weighted by atomic mass is 19.1. The number of aliphatic hydroxyl groups is 1. The number of nitrogens with one attached hydrogen (secondary N) is 1. The first-order valence-corrected chi connectivity index (χ1v) is 13.0. The molecule has 3 aromatic carbocycles. The van der Waals surface area contributed by atoms with Gasteiger partial charge in [-0.05, 0) is 29.3 Å². The van der Waals surface area contributed by atoms with Crippen LogP contribution in [0.1, 0.15) is 22.8 Å². The number of amides is 3. The second kappa shape index (κ2) is 11.6. The zero-order valence-corrected chi connectivity index (χ0v) is 22.0. The molecule has 0 aromatic heterocycles. The first-order valence-electron chi connectivity index (χ1n) is 13.0. The van der Waals surface area contributed by atoms with Gasteiger partial charge < -0.3 is 20.4 Å². The Hall–Kier alpha value is -4.06. The number of carbonyl (C=O) groups excluding carboxylic acids is 2. The molecule has 2 aliphatic heterocycles. The molecule has 5 rings (SSSR count). The Labute approximate surface area is 230 Å². The Morgan fingerprint density at radius 2 is 1.77 bits per heavy atom. The van der Waals surface area contributed by atoms with Gasteiger partial charge in [-0.2, -0.15) is 0 Å². The number of rotatable bonds is 6. The number of piperazine rings is 1. The van der Waals surface area contributed by atoms with Crippen molar-refractivity contribution in [3.8, 4) is 5.75 Å². The van der Waals surface area contributed by atoms with Crippen LogP contribution in [0.2, 0.25) is 0 Å². The molecular formula is C29H31F2N5O4. The van der Waals surface area contributed by atoms with Crippen molar-refractivity contribution >= 4 is 11.9 Å². The lowest BCUT2D eigenvalue weighted by Gasteiger charge is -2.55. The fourth-order valence-corrected chi connectivity index (χ4v) is 5.40. The summed E-state index contributed by atoms with van der Waals surface area (Å²) in [6.45, 7) is 0.608. The molecular weight excluding hydrogens is 520 g/mol. The molecule has 3 aromatic rings. The average Bonchev–Trinajstić information content (AvgIpc) is 2.93. The van der Waals surface area contributed by atoms with Crippen molar-refractivity contribution < 1.29 is 28.6 Å². The number of phenolic OH excluding ortho intramolecular Hbond substituents is 1. The lowest BCUT2D eigenvalue weighted by atomic mass is 9.96. The predicted molar refractivity (Wildman–Crippen MR) is 142 cm³/mol. The van der Waals surface area contributed by atoms with E-state index in [4.69, 9.17) is 0 Å². The van der Waals surface area contributed by atoms with E-state index in [1.807, 2.05) is 35.2 Å². The van der Waals surface area contributed by atoms with Crippen LogP contribution in [0.5, 0.6) is 5.75 Å². The van der Waals surface area contributed by atoms with Crippen LogP contribution < -0.4 is 5.32 Å². The number of halogens is 2. The van der Waals surface area contributed by atoms with Crippen LogP contribution in [0, 0.1) is 11.6 Å². The molecule has 11 heteroatoms. The largest absolute Gasteiger partial charge is 0.508 e. The first kappa shape index (κ1) is 27.5. The molecule has 0 unspecified atom stereocenters. The summed E-state index contributed by atoms with van der Waals surface area (Å²) in [6.07, 6.45) is -1.97. The minimum absolute atomic E-state index is 0.0304. The Morgan fingerprint density at radius 3 is 2.48 bits per heavy atom. The van der Waals surface area contributed by atoms with Gasteiger partial charge in [0.1, 0.15) is 29.7 Å². The fraction of sp³-hybridized carbons (Fsp3) is 0.310. The molecule has 2 saturated heterocycles. The lowest BCUT2D eigenvalue weighted by molar-refractivity contribution is -0.188. The molecule has 0 radical (unpaired) electrons. The molecule has 0 spiro atoms. The summed E-state index contributed by atoms with van der Waals surface area (Å²) >= 11 is 0. The summed E-state index contributed by atoms with van der Waals surface area (Å²) in [5.74, 6) is -1.63. The quantitative estimate of drug-likeness (QED) is 0.436. The zero-order chi connectivity index (χ0) is 28.4. The van der Waals surface area contributed by atoms with Crippen LogP contribution in [0.4, 0.5) is 13.6 Å². The summed E-state index contributed by atoms with van der Waals surface area (Å²) in [5.41, 5.74) is 1.63. The van der Waals surface area contributed by atoms with E-state index in [1.165, 1.54) is 39.2 Å². The molecule has 210 valence electrons. The maximum atomic E-state index is 14.6. The van der Waals surface area contributed by atoms with Crippen molar-refractivity contribution in [1.29, 1.82) is 0 Å². The van der Waals surface area contributed by atoms with Gasteiger partial charge in [-0.15, -0.1) is 0 Å². The highest BCUT2D eigenvalue weighted by Gasteiger charge is 2.49. The molecule has 2 aliphatic rings.